The Bertz CT molecular complexity index is 419. The van der Waals surface area contributed by atoms with E-state index >= 15 is 0 Å². The molecule has 0 saturated carbocycles. The summed E-state index contributed by atoms with van der Waals surface area (Å²) in [5.74, 6) is 2.71. The number of hydrogen-bond acceptors (Lipinski definition) is 4. The Morgan fingerprint density at radius 2 is 1.79 bits per heavy atom. The van der Waals surface area contributed by atoms with Crippen molar-refractivity contribution >= 4 is 20.1 Å². The van der Waals surface area contributed by atoms with Gasteiger partial charge in [0.25, 0.3) is 0 Å². The van der Waals surface area contributed by atoms with E-state index in [4.69, 9.17) is 9.47 Å². The molecule has 2 atom stereocenters. The fraction of sp³-hybridized carbons (Fsp3) is 0.692. The quantitative estimate of drug-likeness (QED) is 0.417. The van der Waals surface area contributed by atoms with Crippen molar-refractivity contribution in [1.82, 2.24) is 4.90 Å². The SMILES string of the molecule is COC(=O)[C@@H]1CC[C@@H](C#C[Si](C)(C)C)N1C(=O)OC. The van der Waals surface area contributed by atoms with Gasteiger partial charge in [0, 0.05) is 0 Å². The first-order valence-corrected chi connectivity index (χ1v) is 9.77. The molecule has 0 aromatic rings. The average Bonchev–Trinajstić information content (AvgIpc) is 2.77. The van der Waals surface area contributed by atoms with E-state index in [1.165, 1.54) is 19.1 Å². The molecule has 0 aliphatic carbocycles. The molecule has 0 radical (unpaired) electrons. The fourth-order valence-electron chi connectivity index (χ4n) is 1.98. The Morgan fingerprint density at radius 1 is 1.16 bits per heavy atom. The lowest BCUT2D eigenvalue weighted by atomic mass is 10.2. The second-order valence-electron chi connectivity index (χ2n) is 5.53. The third-order valence-electron chi connectivity index (χ3n) is 2.86. The minimum absolute atomic E-state index is 0.261. The van der Waals surface area contributed by atoms with Crippen LogP contribution in [0.5, 0.6) is 0 Å². The highest BCUT2D eigenvalue weighted by Gasteiger charge is 2.41. The largest absolute Gasteiger partial charge is 0.467 e. The number of esters is 1. The lowest BCUT2D eigenvalue weighted by Gasteiger charge is -2.24. The summed E-state index contributed by atoms with van der Waals surface area (Å²) in [5, 5.41) is 0. The summed E-state index contributed by atoms with van der Waals surface area (Å²) in [6.07, 6.45) is 0.710. The number of rotatable bonds is 1. The van der Waals surface area contributed by atoms with Crippen molar-refractivity contribution in [2.24, 2.45) is 0 Å². The van der Waals surface area contributed by atoms with E-state index < -0.39 is 26.2 Å². The molecule has 1 heterocycles. The van der Waals surface area contributed by atoms with Crippen LogP contribution in [0, 0.1) is 11.5 Å². The minimum Gasteiger partial charge on any atom is -0.467 e. The van der Waals surface area contributed by atoms with E-state index in [9.17, 15) is 9.59 Å². The highest BCUT2D eigenvalue weighted by molar-refractivity contribution is 6.83. The van der Waals surface area contributed by atoms with Crippen molar-refractivity contribution in [2.45, 2.75) is 44.6 Å². The van der Waals surface area contributed by atoms with Crippen LogP contribution in [-0.2, 0) is 14.3 Å². The molecule has 0 bridgehead atoms. The van der Waals surface area contributed by atoms with Gasteiger partial charge in [0.15, 0.2) is 0 Å². The zero-order valence-corrected chi connectivity index (χ0v) is 13.1. The van der Waals surface area contributed by atoms with Gasteiger partial charge in [-0.05, 0) is 12.8 Å². The van der Waals surface area contributed by atoms with Crippen molar-refractivity contribution in [3.8, 4) is 11.5 Å². The Balaban J connectivity index is 2.96. The summed E-state index contributed by atoms with van der Waals surface area (Å²) >= 11 is 0. The second kappa shape index (κ2) is 6.11. The van der Waals surface area contributed by atoms with Crippen LogP contribution in [0.1, 0.15) is 12.8 Å². The number of hydrogen-bond donors (Lipinski definition) is 0. The van der Waals surface area contributed by atoms with Crippen LogP contribution in [0.2, 0.25) is 19.6 Å². The number of nitrogens with zero attached hydrogens (tertiary/aromatic N) is 1. The molecule has 19 heavy (non-hydrogen) atoms. The maximum atomic E-state index is 11.8. The highest BCUT2D eigenvalue weighted by Crippen LogP contribution is 2.25. The zero-order chi connectivity index (χ0) is 14.6. The van der Waals surface area contributed by atoms with E-state index in [0.717, 1.165) is 0 Å². The maximum absolute atomic E-state index is 11.8. The topological polar surface area (TPSA) is 55.8 Å². The molecule has 1 aliphatic rings. The van der Waals surface area contributed by atoms with Gasteiger partial charge in [0.1, 0.15) is 14.1 Å². The van der Waals surface area contributed by atoms with E-state index in [1.54, 1.807) is 0 Å². The Morgan fingerprint density at radius 3 is 2.26 bits per heavy atom. The number of ether oxygens (including phenoxy) is 2. The van der Waals surface area contributed by atoms with Crippen LogP contribution in [0.15, 0.2) is 0 Å². The first-order valence-electron chi connectivity index (χ1n) is 6.27. The Hall–Kier alpha value is -1.48. The van der Waals surface area contributed by atoms with Crippen molar-refractivity contribution in [2.75, 3.05) is 14.2 Å². The number of amides is 1. The van der Waals surface area contributed by atoms with Gasteiger partial charge in [0.05, 0.1) is 20.3 Å². The standard InChI is InChI=1S/C13H21NO4Si/c1-17-12(15)11-7-6-10(8-9-19(3,4)5)14(11)13(16)18-2/h10-11H,6-7H2,1-5H3/t10-,11-/m0/s1. The van der Waals surface area contributed by atoms with Crippen molar-refractivity contribution in [3.63, 3.8) is 0 Å². The number of carbonyl (C=O) groups is 2. The molecule has 1 aliphatic heterocycles. The van der Waals surface area contributed by atoms with Crippen molar-refractivity contribution in [3.05, 3.63) is 0 Å². The molecular formula is C13H21NO4Si. The smallest absolute Gasteiger partial charge is 0.411 e. The van der Waals surface area contributed by atoms with Gasteiger partial charge < -0.3 is 9.47 Å². The minimum atomic E-state index is -1.51. The molecule has 0 unspecified atom stereocenters. The van der Waals surface area contributed by atoms with Gasteiger partial charge in [-0.25, -0.2) is 9.59 Å². The molecular weight excluding hydrogens is 262 g/mol. The summed E-state index contributed by atoms with van der Waals surface area (Å²) in [4.78, 5) is 24.9. The van der Waals surface area contributed by atoms with Crippen LogP contribution in [0.3, 0.4) is 0 Å². The molecule has 0 aromatic heterocycles. The van der Waals surface area contributed by atoms with E-state index in [0.29, 0.717) is 12.8 Å². The maximum Gasteiger partial charge on any atom is 0.411 e. The Kier molecular flexibility index (Phi) is 5.01. The molecule has 0 N–H and O–H groups in total. The third kappa shape index (κ3) is 4.00. The van der Waals surface area contributed by atoms with Gasteiger partial charge in [-0.2, -0.15) is 0 Å². The van der Waals surface area contributed by atoms with Crippen LogP contribution in [0.4, 0.5) is 4.79 Å². The van der Waals surface area contributed by atoms with Crippen LogP contribution < -0.4 is 0 Å². The van der Waals surface area contributed by atoms with Crippen LogP contribution in [-0.4, -0.2) is 51.3 Å². The molecule has 1 saturated heterocycles. The first-order chi connectivity index (χ1) is 8.80. The zero-order valence-electron chi connectivity index (χ0n) is 12.1. The lowest BCUT2D eigenvalue weighted by Crippen LogP contribution is -2.45. The van der Waals surface area contributed by atoms with Gasteiger partial charge >= 0.3 is 12.1 Å². The highest BCUT2D eigenvalue weighted by atomic mass is 28.3. The summed E-state index contributed by atoms with van der Waals surface area (Å²) in [6.45, 7) is 6.40. The first kappa shape index (κ1) is 15.6. The molecule has 6 heteroatoms. The van der Waals surface area contributed by atoms with Crippen molar-refractivity contribution in [1.29, 1.82) is 0 Å². The van der Waals surface area contributed by atoms with Gasteiger partial charge in [-0.15, -0.1) is 5.54 Å². The molecule has 5 nitrogen and oxygen atoms in total. The van der Waals surface area contributed by atoms with E-state index in [1.807, 2.05) is 0 Å². The summed E-state index contributed by atoms with van der Waals surface area (Å²) in [7, 11) is 1.11. The molecule has 1 amide bonds. The van der Waals surface area contributed by atoms with Crippen LogP contribution >= 0.6 is 0 Å². The molecule has 0 aromatic carbocycles. The van der Waals surface area contributed by atoms with Crippen LogP contribution in [0.25, 0.3) is 0 Å². The number of likely N-dealkylation sites (tertiary alicyclic amines) is 1. The monoisotopic (exact) mass is 283 g/mol. The summed E-state index contributed by atoms with van der Waals surface area (Å²) in [6, 6.07) is -0.846. The Labute approximate surface area is 115 Å². The molecule has 1 fully saturated rings. The number of methoxy groups -OCH3 is 2. The third-order valence-corrected chi connectivity index (χ3v) is 3.75. The van der Waals surface area contributed by atoms with Crippen molar-refractivity contribution < 1.29 is 19.1 Å². The lowest BCUT2D eigenvalue weighted by molar-refractivity contribution is -0.145. The normalized spacial score (nSPS) is 22.5. The predicted octanol–water partition coefficient (Wildman–Crippen LogP) is 1.64. The van der Waals surface area contributed by atoms with E-state index in [2.05, 4.69) is 31.1 Å². The average molecular weight is 283 g/mol. The van der Waals surface area contributed by atoms with Gasteiger partial charge in [0.2, 0.25) is 0 Å². The van der Waals surface area contributed by atoms with Gasteiger partial charge in [-0.1, -0.05) is 25.6 Å². The molecule has 0 spiro atoms. The summed E-state index contributed by atoms with van der Waals surface area (Å²) in [5.41, 5.74) is 3.24. The second-order valence-corrected chi connectivity index (χ2v) is 10.3. The fourth-order valence-corrected chi connectivity index (χ4v) is 2.58. The molecule has 1 rings (SSSR count). The summed E-state index contributed by atoms with van der Waals surface area (Å²) < 4.78 is 9.47. The van der Waals surface area contributed by atoms with Gasteiger partial charge in [-0.3, -0.25) is 4.90 Å². The molecule has 106 valence electrons. The predicted molar refractivity (Wildman–Crippen MR) is 74.2 cm³/mol. The van der Waals surface area contributed by atoms with E-state index in [-0.39, 0.29) is 6.04 Å². The number of carbonyl (C=O) groups excluding carboxylic acids is 2.